The molecule has 0 saturated carbocycles. The molecule has 11 amide bonds. The average molecular weight is 1400 g/mol. The lowest BCUT2D eigenvalue weighted by Gasteiger charge is -2.32. The van der Waals surface area contributed by atoms with Crippen molar-refractivity contribution >= 4 is 88.8 Å². The van der Waals surface area contributed by atoms with Crippen molar-refractivity contribution in [3.8, 4) is 5.75 Å². The topological polar surface area (TPSA) is 579 Å². The number of carbonyl (C=O) groups excluding carboxylic acids is 11. The van der Waals surface area contributed by atoms with E-state index in [4.69, 9.17) is 45.2 Å². The number of phenols is 1. The van der Waals surface area contributed by atoms with E-state index in [0.717, 1.165) is 0 Å². The maximum atomic E-state index is 14.8. The molecule has 0 spiro atoms. The van der Waals surface area contributed by atoms with E-state index in [2.05, 4.69) is 62.8 Å². The molecule has 0 radical (unpaired) electrons. The highest BCUT2D eigenvalue weighted by molar-refractivity contribution is 5.99. The van der Waals surface area contributed by atoms with Gasteiger partial charge in [-0.1, -0.05) is 67.5 Å². The van der Waals surface area contributed by atoms with E-state index in [9.17, 15) is 62.6 Å². The number of likely N-dealkylation sites (tertiary alicyclic amines) is 2. The SMILES string of the molecule is CC(C)C[C@H](NC(=O)[C@H](CCCN=C(N)N)NC(=O)[C@@H]1CCCN1C(=O)CNC(=O)[C@H](CCCN=C(N)N)NC(=O)[C@H](CCCN=C(N)N)NC(=O)[C@@H]1CCCN1C(=O)[C@H](CC(C)C)NC(=O)[C@H](CC(C)C)NC(=O)[C@H](Cc1ccc(O)cc1)NC(=O)[C@@H](N)C(C)C)C(=O)NCC(=O)O. The summed E-state index contributed by atoms with van der Waals surface area (Å²) < 4.78 is 0. The van der Waals surface area contributed by atoms with E-state index in [-0.39, 0.29) is 157 Å². The molecule has 35 nitrogen and oxygen atoms in total. The van der Waals surface area contributed by atoms with Crippen molar-refractivity contribution in [1.29, 1.82) is 0 Å². The Bertz CT molecular complexity index is 2990. The Morgan fingerprint density at radius 1 is 0.475 bits per heavy atom. The quantitative estimate of drug-likeness (QED) is 0.0168. The van der Waals surface area contributed by atoms with Gasteiger partial charge in [0.25, 0.3) is 0 Å². The van der Waals surface area contributed by atoms with Crippen LogP contribution in [0.5, 0.6) is 5.75 Å². The minimum atomic E-state index is -1.39. The Balaban J connectivity index is 1.89. The van der Waals surface area contributed by atoms with Crippen LogP contribution in [0.1, 0.15) is 144 Å². The van der Waals surface area contributed by atoms with E-state index in [1.807, 2.05) is 27.7 Å². The Hall–Kier alpha value is -9.57. The summed E-state index contributed by atoms with van der Waals surface area (Å²) in [6.45, 7) is 13.3. The van der Waals surface area contributed by atoms with E-state index in [0.29, 0.717) is 18.4 Å². The van der Waals surface area contributed by atoms with Gasteiger partial charge in [0.2, 0.25) is 65.0 Å². The van der Waals surface area contributed by atoms with Crippen LogP contribution < -0.4 is 88.0 Å². The number of nitrogens with one attached hydrogen (secondary N) is 9. The van der Waals surface area contributed by atoms with Crippen molar-refractivity contribution < 1.29 is 67.7 Å². The number of rotatable bonds is 42. The number of aliphatic carboxylic acids is 1. The maximum Gasteiger partial charge on any atom is 0.322 e. The number of nitrogens with zero attached hydrogens (tertiary/aromatic N) is 5. The van der Waals surface area contributed by atoms with Gasteiger partial charge in [-0.25, -0.2) is 0 Å². The van der Waals surface area contributed by atoms with Crippen molar-refractivity contribution in [2.24, 2.45) is 78.8 Å². The van der Waals surface area contributed by atoms with Gasteiger partial charge < -0.3 is 108 Å². The standard InChI is InChI=1S/C64H109N21O14/c1-34(2)28-43(53(91)76-33-50(88)89)80-55(93)42(16-11-25-74-64(70)71)78-58(96)47-17-12-26-84(47)49(87)32-75-52(90)40(14-9-23-72-62(66)67)77-54(92)41(15-10-24-73-63(68)69)79-59(97)48-18-13-27-85(48)61(99)46(30-36(5)6)83-56(94)44(29-35(3)4)81-57(95)45(82-60(98)51(65)37(7)8)31-38-19-21-39(86)22-20-38/h19-22,34-37,40-48,51,86H,9-18,23-33,65H2,1-8H3,(H,75,90)(H,76,91)(H,77,92)(H,78,96)(H,79,97)(H,80,93)(H,81,95)(H,82,98)(H,83,94)(H,88,89)(H4,66,67,72)(H4,68,69,73)(H4,70,71,74)/t40-,41-,42-,43-,44-,45-,46-,47-,48-,51-/m0/s1. The van der Waals surface area contributed by atoms with Gasteiger partial charge in [0.05, 0.1) is 12.6 Å². The van der Waals surface area contributed by atoms with Gasteiger partial charge in [-0.2, -0.15) is 0 Å². The summed E-state index contributed by atoms with van der Waals surface area (Å²) in [5.74, 6) is -10.8. The van der Waals surface area contributed by atoms with Gasteiger partial charge in [-0.15, -0.1) is 0 Å². The lowest BCUT2D eigenvalue weighted by Crippen LogP contribution is -2.60. The van der Waals surface area contributed by atoms with Gasteiger partial charge in [0.15, 0.2) is 17.9 Å². The smallest absolute Gasteiger partial charge is 0.322 e. The van der Waals surface area contributed by atoms with Gasteiger partial charge in [-0.05, 0) is 125 Å². The number of carboxylic acids is 1. The first-order chi connectivity index (χ1) is 46.6. The van der Waals surface area contributed by atoms with Gasteiger partial charge in [0, 0.05) is 39.1 Å². The molecule has 0 unspecified atom stereocenters. The summed E-state index contributed by atoms with van der Waals surface area (Å²) in [7, 11) is 0. The van der Waals surface area contributed by atoms with Crippen LogP contribution in [0.2, 0.25) is 0 Å². The van der Waals surface area contributed by atoms with E-state index in [1.54, 1.807) is 39.8 Å². The second kappa shape index (κ2) is 42.3. The number of carbonyl (C=O) groups is 12. The second-order valence-corrected chi connectivity index (χ2v) is 26.6. The zero-order valence-corrected chi connectivity index (χ0v) is 58.3. The number of aromatic hydroxyl groups is 1. The van der Waals surface area contributed by atoms with Crippen LogP contribution in [0.15, 0.2) is 39.2 Å². The van der Waals surface area contributed by atoms with Crippen molar-refractivity contribution in [3.63, 3.8) is 0 Å². The lowest BCUT2D eigenvalue weighted by atomic mass is 9.98. The molecule has 2 aliphatic rings. The highest BCUT2D eigenvalue weighted by Crippen LogP contribution is 2.23. The molecule has 2 heterocycles. The fourth-order valence-corrected chi connectivity index (χ4v) is 11.2. The van der Waals surface area contributed by atoms with Gasteiger partial charge >= 0.3 is 5.97 Å². The van der Waals surface area contributed by atoms with Gasteiger partial charge in [-0.3, -0.25) is 72.5 Å². The lowest BCUT2D eigenvalue weighted by molar-refractivity contribution is -0.143. The minimum absolute atomic E-state index is 0.0119. The highest BCUT2D eigenvalue weighted by Gasteiger charge is 2.42. The van der Waals surface area contributed by atoms with Crippen LogP contribution in [-0.2, 0) is 64.0 Å². The predicted octanol–water partition coefficient (Wildman–Crippen LogP) is -4.09. The van der Waals surface area contributed by atoms with E-state index < -0.39 is 144 Å². The number of hydrogen-bond acceptors (Lipinski definition) is 17. The molecule has 35 heteroatoms. The first-order valence-electron chi connectivity index (χ1n) is 33.8. The number of aliphatic imine (C=N–C) groups is 3. The van der Waals surface area contributed by atoms with Crippen LogP contribution in [0.25, 0.3) is 0 Å². The van der Waals surface area contributed by atoms with E-state index in [1.165, 1.54) is 21.9 Å². The predicted molar refractivity (Wildman–Crippen MR) is 369 cm³/mol. The zero-order valence-electron chi connectivity index (χ0n) is 58.3. The third-order valence-electron chi connectivity index (χ3n) is 16.3. The third-order valence-corrected chi connectivity index (χ3v) is 16.3. The molecule has 25 N–H and O–H groups in total. The number of nitrogens with two attached hydrogens (primary N) is 7. The molecule has 2 aliphatic heterocycles. The first kappa shape index (κ1) is 83.7. The molecular weight excluding hydrogens is 1290 g/mol. The number of benzene rings is 1. The molecule has 1 aromatic rings. The van der Waals surface area contributed by atoms with Crippen LogP contribution in [-0.4, -0.2) is 215 Å². The number of hydrogen-bond donors (Lipinski definition) is 18. The molecule has 10 atom stereocenters. The molecule has 99 heavy (non-hydrogen) atoms. The first-order valence-corrected chi connectivity index (χ1v) is 33.8. The fraction of sp³-hybridized carbons (Fsp3) is 0.672. The number of guanidine groups is 3. The van der Waals surface area contributed by atoms with Crippen LogP contribution >= 0.6 is 0 Å². The van der Waals surface area contributed by atoms with Crippen molar-refractivity contribution in [2.75, 3.05) is 45.8 Å². The summed E-state index contributed by atoms with van der Waals surface area (Å²) >= 11 is 0. The molecule has 0 aliphatic carbocycles. The third kappa shape index (κ3) is 30.4. The average Bonchev–Trinajstić information content (AvgIpc) is 1.75. The molecule has 554 valence electrons. The normalized spacial score (nSPS) is 16.7. The number of phenolic OH excluding ortho intramolecular Hbond substituents is 1. The molecule has 0 aromatic heterocycles. The molecule has 1 aromatic carbocycles. The summed E-state index contributed by atoms with van der Waals surface area (Å²) in [6, 6.07) is -6.06. The molecule has 0 bridgehead atoms. The summed E-state index contributed by atoms with van der Waals surface area (Å²) in [5.41, 5.74) is 40.1. The Morgan fingerprint density at radius 2 is 0.838 bits per heavy atom. The van der Waals surface area contributed by atoms with Gasteiger partial charge in [0.1, 0.15) is 66.7 Å². The Kier molecular flexibility index (Phi) is 35.7. The summed E-state index contributed by atoms with van der Waals surface area (Å²) in [5, 5.41) is 43.0. The Labute approximate surface area is 578 Å². The molecular formula is C64H109N21O14. The second-order valence-electron chi connectivity index (χ2n) is 26.6. The van der Waals surface area contributed by atoms with Crippen molar-refractivity contribution in [3.05, 3.63) is 29.8 Å². The summed E-state index contributed by atoms with van der Waals surface area (Å²) in [6.07, 6.45) is 1.57. The maximum absolute atomic E-state index is 14.8. The van der Waals surface area contributed by atoms with Crippen molar-refractivity contribution in [2.45, 2.75) is 206 Å². The Morgan fingerprint density at radius 3 is 1.28 bits per heavy atom. The fourth-order valence-electron chi connectivity index (χ4n) is 11.2. The van der Waals surface area contributed by atoms with Crippen LogP contribution in [0, 0.1) is 23.7 Å². The zero-order chi connectivity index (χ0) is 74.2. The minimum Gasteiger partial charge on any atom is -0.508 e. The molecule has 3 rings (SSSR count). The molecule has 2 saturated heterocycles. The number of amides is 11. The monoisotopic (exact) mass is 1400 g/mol. The highest BCUT2D eigenvalue weighted by atomic mass is 16.4. The number of carboxylic acid groups (broad SMARTS) is 1. The van der Waals surface area contributed by atoms with Crippen LogP contribution in [0.4, 0.5) is 0 Å². The largest absolute Gasteiger partial charge is 0.508 e. The molecule has 2 fully saturated rings. The summed E-state index contributed by atoms with van der Waals surface area (Å²) in [4.78, 5) is 181. The van der Waals surface area contributed by atoms with Crippen molar-refractivity contribution in [1.82, 2.24) is 57.7 Å². The van der Waals surface area contributed by atoms with E-state index >= 15 is 0 Å². The van der Waals surface area contributed by atoms with Crippen LogP contribution in [0.3, 0.4) is 0 Å².